The van der Waals surface area contributed by atoms with Crippen molar-refractivity contribution >= 4 is 15.7 Å². The highest BCUT2D eigenvalue weighted by Gasteiger charge is 2.28. The van der Waals surface area contributed by atoms with Crippen molar-refractivity contribution in [3.05, 3.63) is 29.8 Å². The normalized spacial score (nSPS) is 21.0. The molecule has 1 aliphatic heterocycles. The molecule has 1 aliphatic rings. The summed E-state index contributed by atoms with van der Waals surface area (Å²) in [5.74, 6) is 0.245. The lowest BCUT2D eigenvalue weighted by Gasteiger charge is -2.18. The van der Waals surface area contributed by atoms with Crippen LogP contribution in [0.25, 0.3) is 0 Å². The van der Waals surface area contributed by atoms with Crippen molar-refractivity contribution in [3.8, 4) is 0 Å². The highest BCUT2D eigenvalue weighted by molar-refractivity contribution is 7.93. The van der Waals surface area contributed by atoms with Gasteiger partial charge in [0.1, 0.15) is 0 Å². The van der Waals surface area contributed by atoms with Gasteiger partial charge in [-0.25, -0.2) is 8.42 Å². The lowest BCUT2D eigenvalue weighted by atomic mass is 10.1. The SMILES string of the molecule is CC(N)c1cccc(N2CCCS2(=O)=O)c1. The van der Waals surface area contributed by atoms with Crippen molar-refractivity contribution in [2.24, 2.45) is 5.73 Å². The third kappa shape index (κ3) is 2.05. The maximum absolute atomic E-state index is 11.7. The smallest absolute Gasteiger partial charge is 0.235 e. The van der Waals surface area contributed by atoms with E-state index >= 15 is 0 Å². The molecule has 0 aromatic heterocycles. The van der Waals surface area contributed by atoms with Crippen LogP contribution in [0.3, 0.4) is 0 Å². The zero-order valence-electron chi connectivity index (χ0n) is 9.26. The minimum Gasteiger partial charge on any atom is -0.324 e. The maximum Gasteiger partial charge on any atom is 0.235 e. The summed E-state index contributed by atoms with van der Waals surface area (Å²) < 4.78 is 24.9. The second kappa shape index (κ2) is 4.07. The standard InChI is InChI=1S/C11H16N2O2S/c1-9(12)10-4-2-5-11(8-10)13-6-3-7-16(13,14)15/h2,4-5,8-9H,3,6-7,12H2,1H3. The Labute approximate surface area is 96.1 Å². The molecule has 2 N–H and O–H groups in total. The molecule has 1 heterocycles. The van der Waals surface area contributed by atoms with Crippen molar-refractivity contribution in [1.82, 2.24) is 0 Å². The molecule has 0 saturated carbocycles. The van der Waals surface area contributed by atoms with Gasteiger partial charge in [0.05, 0.1) is 11.4 Å². The van der Waals surface area contributed by atoms with Gasteiger partial charge in [-0.3, -0.25) is 4.31 Å². The molecule has 5 heteroatoms. The van der Waals surface area contributed by atoms with Gasteiger partial charge in [-0.05, 0) is 31.0 Å². The minimum atomic E-state index is -3.09. The average Bonchev–Trinajstić information content (AvgIpc) is 2.58. The molecule has 1 aromatic carbocycles. The molecule has 0 amide bonds. The Morgan fingerprint density at radius 1 is 1.44 bits per heavy atom. The van der Waals surface area contributed by atoms with E-state index in [2.05, 4.69) is 0 Å². The van der Waals surface area contributed by atoms with Gasteiger partial charge in [-0.15, -0.1) is 0 Å². The monoisotopic (exact) mass is 240 g/mol. The summed E-state index contributed by atoms with van der Waals surface area (Å²) in [6.45, 7) is 2.46. The van der Waals surface area contributed by atoms with E-state index in [0.717, 1.165) is 11.3 Å². The summed E-state index contributed by atoms with van der Waals surface area (Å²) in [7, 11) is -3.09. The zero-order chi connectivity index (χ0) is 11.8. The summed E-state index contributed by atoms with van der Waals surface area (Å²) in [6.07, 6.45) is 0.699. The fourth-order valence-electron chi connectivity index (χ4n) is 1.89. The summed E-state index contributed by atoms with van der Waals surface area (Å²) in [5.41, 5.74) is 7.47. The van der Waals surface area contributed by atoms with Crippen molar-refractivity contribution in [3.63, 3.8) is 0 Å². The fraction of sp³-hybridized carbons (Fsp3) is 0.455. The molecule has 1 saturated heterocycles. The number of sulfonamides is 1. The van der Waals surface area contributed by atoms with Crippen molar-refractivity contribution in [2.75, 3.05) is 16.6 Å². The van der Waals surface area contributed by atoms with E-state index in [0.29, 0.717) is 13.0 Å². The molecular weight excluding hydrogens is 224 g/mol. The predicted octanol–water partition coefficient (Wildman–Crippen LogP) is 1.25. The number of nitrogens with two attached hydrogens (primary N) is 1. The van der Waals surface area contributed by atoms with Gasteiger partial charge in [0, 0.05) is 12.6 Å². The highest BCUT2D eigenvalue weighted by Crippen LogP contribution is 2.25. The molecule has 1 aromatic rings. The van der Waals surface area contributed by atoms with E-state index in [1.165, 1.54) is 4.31 Å². The summed E-state index contributed by atoms with van der Waals surface area (Å²) >= 11 is 0. The zero-order valence-corrected chi connectivity index (χ0v) is 10.1. The van der Waals surface area contributed by atoms with Crippen LogP contribution in [0.1, 0.15) is 24.9 Å². The maximum atomic E-state index is 11.7. The van der Waals surface area contributed by atoms with E-state index in [1.54, 1.807) is 0 Å². The Morgan fingerprint density at radius 3 is 2.75 bits per heavy atom. The highest BCUT2D eigenvalue weighted by atomic mass is 32.2. The van der Waals surface area contributed by atoms with Crippen LogP contribution in [0, 0.1) is 0 Å². The first-order valence-corrected chi connectivity index (χ1v) is 6.97. The van der Waals surface area contributed by atoms with Gasteiger partial charge in [-0.2, -0.15) is 0 Å². The summed E-state index contributed by atoms with van der Waals surface area (Å²) in [4.78, 5) is 0. The number of nitrogens with zero attached hydrogens (tertiary/aromatic N) is 1. The van der Waals surface area contributed by atoms with Crippen molar-refractivity contribution in [2.45, 2.75) is 19.4 Å². The van der Waals surface area contributed by atoms with Crippen LogP contribution in [0.2, 0.25) is 0 Å². The van der Waals surface area contributed by atoms with Gasteiger partial charge in [0.15, 0.2) is 0 Å². The van der Waals surface area contributed by atoms with E-state index in [4.69, 9.17) is 5.73 Å². The van der Waals surface area contributed by atoms with Crippen LogP contribution >= 0.6 is 0 Å². The molecule has 1 atom stereocenters. The number of hydrogen-bond donors (Lipinski definition) is 1. The first kappa shape index (κ1) is 11.4. The Kier molecular flexibility index (Phi) is 2.90. The van der Waals surface area contributed by atoms with Crippen LogP contribution in [-0.2, 0) is 10.0 Å². The second-order valence-electron chi connectivity index (χ2n) is 4.13. The Morgan fingerprint density at radius 2 is 2.19 bits per heavy atom. The predicted molar refractivity (Wildman–Crippen MR) is 64.8 cm³/mol. The van der Waals surface area contributed by atoms with Crippen LogP contribution < -0.4 is 10.0 Å². The van der Waals surface area contributed by atoms with Gasteiger partial charge < -0.3 is 5.73 Å². The van der Waals surface area contributed by atoms with E-state index in [-0.39, 0.29) is 11.8 Å². The molecule has 0 aliphatic carbocycles. The first-order valence-electron chi connectivity index (χ1n) is 5.37. The van der Waals surface area contributed by atoms with Crippen LogP contribution in [-0.4, -0.2) is 20.7 Å². The molecule has 2 rings (SSSR count). The van der Waals surface area contributed by atoms with E-state index < -0.39 is 10.0 Å². The molecule has 4 nitrogen and oxygen atoms in total. The molecule has 1 unspecified atom stereocenters. The number of anilines is 1. The third-order valence-electron chi connectivity index (χ3n) is 2.78. The fourth-order valence-corrected chi connectivity index (χ4v) is 3.45. The lowest BCUT2D eigenvalue weighted by molar-refractivity contribution is 0.599. The summed E-state index contributed by atoms with van der Waals surface area (Å²) in [6, 6.07) is 7.35. The first-order chi connectivity index (χ1) is 7.50. The number of hydrogen-bond acceptors (Lipinski definition) is 3. The largest absolute Gasteiger partial charge is 0.324 e. The van der Waals surface area contributed by atoms with Gasteiger partial charge in [0.25, 0.3) is 0 Å². The number of rotatable bonds is 2. The molecule has 0 radical (unpaired) electrons. The van der Waals surface area contributed by atoms with E-state index in [1.807, 2.05) is 31.2 Å². The number of benzene rings is 1. The average molecular weight is 240 g/mol. The van der Waals surface area contributed by atoms with Crippen molar-refractivity contribution in [1.29, 1.82) is 0 Å². The Hall–Kier alpha value is -1.07. The lowest BCUT2D eigenvalue weighted by Crippen LogP contribution is -2.25. The molecule has 88 valence electrons. The van der Waals surface area contributed by atoms with Crippen LogP contribution in [0.4, 0.5) is 5.69 Å². The van der Waals surface area contributed by atoms with Gasteiger partial charge in [0.2, 0.25) is 10.0 Å². The minimum absolute atomic E-state index is 0.0785. The van der Waals surface area contributed by atoms with Crippen LogP contribution in [0.15, 0.2) is 24.3 Å². The molecule has 16 heavy (non-hydrogen) atoms. The Bertz CT molecular complexity index is 483. The second-order valence-corrected chi connectivity index (χ2v) is 6.14. The molecule has 1 fully saturated rings. The van der Waals surface area contributed by atoms with E-state index in [9.17, 15) is 8.42 Å². The van der Waals surface area contributed by atoms with Crippen LogP contribution in [0.5, 0.6) is 0 Å². The van der Waals surface area contributed by atoms with Gasteiger partial charge >= 0.3 is 0 Å². The molecular formula is C11H16N2O2S. The Balaban J connectivity index is 2.38. The molecule has 0 bridgehead atoms. The topological polar surface area (TPSA) is 63.4 Å². The molecule has 0 spiro atoms. The quantitative estimate of drug-likeness (QED) is 0.846. The third-order valence-corrected chi connectivity index (χ3v) is 4.65. The van der Waals surface area contributed by atoms with Gasteiger partial charge in [-0.1, -0.05) is 12.1 Å². The summed E-state index contributed by atoms with van der Waals surface area (Å²) in [5, 5.41) is 0. The van der Waals surface area contributed by atoms with Crippen molar-refractivity contribution < 1.29 is 8.42 Å².